The highest BCUT2D eigenvalue weighted by Crippen LogP contribution is 2.43. The van der Waals surface area contributed by atoms with Crippen molar-refractivity contribution in [3.05, 3.63) is 94.1 Å². The summed E-state index contributed by atoms with van der Waals surface area (Å²) in [5.41, 5.74) is 4.49. The number of carbonyl (C=O) groups excluding carboxylic acids is 2. The molecule has 38 heavy (non-hydrogen) atoms. The lowest BCUT2D eigenvalue weighted by molar-refractivity contribution is -0.132. The fraction of sp³-hybridized carbons (Fsp3) is 0.312. The molecule has 3 aromatic rings. The maximum Gasteiger partial charge on any atom is 0.300 e. The average molecular weight is 514 g/mol. The summed E-state index contributed by atoms with van der Waals surface area (Å²) in [5.74, 6) is 0.0751. The number of ether oxygens (including phenoxy) is 2. The number of nitrogens with zero attached hydrogens (tertiary/aromatic N) is 1. The number of rotatable bonds is 7. The molecule has 0 bridgehead atoms. The molecule has 1 N–H and O–H groups in total. The second-order valence-corrected chi connectivity index (χ2v) is 10.3. The van der Waals surface area contributed by atoms with E-state index in [2.05, 4.69) is 13.8 Å². The van der Waals surface area contributed by atoms with Gasteiger partial charge in [0.1, 0.15) is 17.3 Å². The van der Waals surface area contributed by atoms with Gasteiger partial charge in [-0.05, 0) is 92.3 Å². The number of anilines is 1. The van der Waals surface area contributed by atoms with Gasteiger partial charge < -0.3 is 14.6 Å². The normalized spacial score (nSPS) is 17.0. The van der Waals surface area contributed by atoms with E-state index in [0.29, 0.717) is 34.2 Å². The van der Waals surface area contributed by atoms with Crippen molar-refractivity contribution in [2.24, 2.45) is 0 Å². The zero-order valence-corrected chi connectivity index (χ0v) is 23.0. The predicted molar refractivity (Wildman–Crippen MR) is 150 cm³/mol. The second kappa shape index (κ2) is 10.7. The maximum absolute atomic E-state index is 13.5. The first-order chi connectivity index (χ1) is 18.0. The Morgan fingerprint density at radius 2 is 1.53 bits per heavy atom. The van der Waals surface area contributed by atoms with Crippen LogP contribution in [0.4, 0.5) is 5.69 Å². The fourth-order valence-corrected chi connectivity index (χ4v) is 4.84. The average Bonchev–Trinajstić information content (AvgIpc) is 3.15. The number of aliphatic hydroxyl groups excluding tert-OH is 1. The van der Waals surface area contributed by atoms with Crippen LogP contribution in [-0.4, -0.2) is 30.0 Å². The van der Waals surface area contributed by atoms with Crippen LogP contribution in [0.3, 0.4) is 0 Å². The highest BCUT2D eigenvalue weighted by atomic mass is 16.5. The van der Waals surface area contributed by atoms with Crippen molar-refractivity contribution in [3.8, 4) is 11.5 Å². The summed E-state index contributed by atoms with van der Waals surface area (Å²) in [6.45, 7) is 11.8. The molecule has 198 valence electrons. The Morgan fingerprint density at radius 3 is 2.08 bits per heavy atom. The van der Waals surface area contributed by atoms with E-state index in [1.165, 1.54) is 4.90 Å². The number of aryl methyl sites for hydroxylation is 2. The van der Waals surface area contributed by atoms with E-state index in [-0.39, 0.29) is 17.4 Å². The SMILES string of the molecule is COc1cc(C)c(/C(O)=C2\C(=O)C(=O)N(c3ccc(C(C)C)cc3)C2c2ccc(OC(C)C)cc2)cc1C. The van der Waals surface area contributed by atoms with Gasteiger partial charge in [-0.2, -0.15) is 0 Å². The van der Waals surface area contributed by atoms with Crippen LogP contribution < -0.4 is 14.4 Å². The van der Waals surface area contributed by atoms with E-state index in [4.69, 9.17) is 9.47 Å². The van der Waals surface area contributed by atoms with Gasteiger partial charge in [0.25, 0.3) is 11.7 Å². The third kappa shape index (κ3) is 5.03. The molecule has 1 fully saturated rings. The van der Waals surface area contributed by atoms with E-state index in [1.807, 2.05) is 82.3 Å². The molecule has 1 heterocycles. The summed E-state index contributed by atoms with van der Waals surface area (Å²) in [7, 11) is 1.59. The number of hydrogen-bond donors (Lipinski definition) is 1. The number of carbonyl (C=O) groups is 2. The van der Waals surface area contributed by atoms with Gasteiger partial charge in [-0.15, -0.1) is 0 Å². The summed E-state index contributed by atoms with van der Waals surface area (Å²) in [5, 5.41) is 11.6. The Bertz CT molecular complexity index is 1380. The zero-order valence-electron chi connectivity index (χ0n) is 23.0. The Balaban J connectivity index is 1.91. The number of ketones is 1. The zero-order chi connectivity index (χ0) is 27.7. The summed E-state index contributed by atoms with van der Waals surface area (Å²) in [4.78, 5) is 28.5. The van der Waals surface area contributed by atoms with Gasteiger partial charge in [0.15, 0.2) is 0 Å². The van der Waals surface area contributed by atoms with Crippen molar-refractivity contribution >= 4 is 23.1 Å². The predicted octanol–water partition coefficient (Wildman–Crippen LogP) is 6.85. The van der Waals surface area contributed by atoms with E-state index in [1.54, 1.807) is 13.2 Å². The number of Topliss-reactive ketones (excluding diaryl/α,β-unsaturated/α-hetero) is 1. The van der Waals surface area contributed by atoms with Gasteiger partial charge in [-0.3, -0.25) is 14.5 Å². The van der Waals surface area contributed by atoms with Crippen molar-refractivity contribution < 1.29 is 24.2 Å². The molecule has 3 aromatic carbocycles. The van der Waals surface area contributed by atoms with Crippen LogP contribution in [-0.2, 0) is 9.59 Å². The molecule has 0 aromatic heterocycles. The van der Waals surface area contributed by atoms with Crippen molar-refractivity contribution in [1.29, 1.82) is 0 Å². The van der Waals surface area contributed by atoms with E-state index in [0.717, 1.165) is 16.7 Å². The molecule has 1 amide bonds. The summed E-state index contributed by atoms with van der Waals surface area (Å²) in [6.07, 6.45) is 0.00671. The number of aliphatic hydroxyl groups is 1. The minimum atomic E-state index is -0.810. The minimum Gasteiger partial charge on any atom is -0.507 e. The fourth-order valence-electron chi connectivity index (χ4n) is 4.84. The third-order valence-electron chi connectivity index (χ3n) is 6.85. The standard InChI is InChI=1S/C32H35NO5/c1-18(2)22-8-12-24(13-9-22)33-29(23-10-14-25(15-11-23)38-19(3)4)28(31(35)32(33)36)30(34)26-16-21(6)27(37-7)17-20(26)5/h8-19,29,34H,1-7H3/b30-28+. The Hall–Kier alpha value is -4.06. The first kappa shape index (κ1) is 27.0. The van der Waals surface area contributed by atoms with Crippen LogP contribution in [0.15, 0.2) is 66.2 Å². The van der Waals surface area contributed by atoms with Crippen LogP contribution in [0.25, 0.3) is 5.76 Å². The molecule has 1 unspecified atom stereocenters. The molecule has 6 nitrogen and oxygen atoms in total. The number of benzene rings is 3. The van der Waals surface area contributed by atoms with Gasteiger partial charge >= 0.3 is 0 Å². The van der Waals surface area contributed by atoms with Crippen LogP contribution in [0.2, 0.25) is 0 Å². The van der Waals surface area contributed by atoms with Gasteiger partial charge in [-0.1, -0.05) is 38.1 Å². The molecular weight excluding hydrogens is 478 g/mol. The Kier molecular flexibility index (Phi) is 7.63. The quantitative estimate of drug-likeness (QED) is 0.212. The lowest BCUT2D eigenvalue weighted by Crippen LogP contribution is -2.29. The van der Waals surface area contributed by atoms with Crippen LogP contribution >= 0.6 is 0 Å². The summed E-state index contributed by atoms with van der Waals surface area (Å²) >= 11 is 0. The summed E-state index contributed by atoms with van der Waals surface area (Å²) in [6, 6.07) is 17.7. The molecule has 0 saturated carbocycles. The second-order valence-electron chi connectivity index (χ2n) is 10.3. The van der Waals surface area contributed by atoms with Crippen molar-refractivity contribution in [2.45, 2.75) is 59.6 Å². The first-order valence-electron chi connectivity index (χ1n) is 12.9. The monoisotopic (exact) mass is 513 g/mol. The topological polar surface area (TPSA) is 76.1 Å². The molecule has 0 radical (unpaired) electrons. The molecular formula is C32H35NO5. The largest absolute Gasteiger partial charge is 0.507 e. The number of amides is 1. The molecule has 1 aliphatic heterocycles. The Morgan fingerprint density at radius 1 is 0.895 bits per heavy atom. The smallest absolute Gasteiger partial charge is 0.300 e. The van der Waals surface area contributed by atoms with Crippen molar-refractivity contribution in [2.75, 3.05) is 12.0 Å². The highest BCUT2D eigenvalue weighted by molar-refractivity contribution is 6.51. The van der Waals surface area contributed by atoms with Gasteiger partial charge in [0.2, 0.25) is 0 Å². The van der Waals surface area contributed by atoms with Crippen molar-refractivity contribution in [1.82, 2.24) is 0 Å². The van der Waals surface area contributed by atoms with Crippen molar-refractivity contribution in [3.63, 3.8) is 0 Å². The molecule has 0 aliphatic carbocycles. The van der Waals surface area contributed by atoms with Crippen LogP contribution in [0.1, 0.15) is 67.5 Å². The Labute approximate surface area is 224 Å². The van der Waals surface area contributed by atoms with Crippen LogP contribution in [0, 0.1) is 13.8 Å². The third-order valence-corrected chi connectivity index (χ3v) is 6.85. The maximum atomic E-state index is 13.5. The molecule has 6 heteroatoms. The van der Waals surface area contributed by atoms with Gasteiger partial charge in [0, 0.05) is 11.3 Å². The lowest BCUT2D eigenvalue weighted by atomic mass is 9.93. The number of hydrogen-bond acceptors (Lipinski definition) is 5. The van der Waals surface area contributed by atoms with E-state index in [9.17, 15) is 14.7 Å². The lowest BCUT2D eigenvalue weighted by Gasteiger charge is -2.26. The van der Waals surface area contributed by atoms with E-state index < -0.39 is 17.7 Å². The molecule has 1 atom stereocenters. The summed E-state index contributed by atoms with van der Waals surface area (Å²) < 4.78 is 11.2. The van der Waals surface area contributed by atoms with Gasteiger partial charge in [-0.25, -0.2) is 0 Å². The number of methoxy groups -OCH3 is 1. The molecule has 1 aliphatic rings. The molecule has 4 rings (SSSR count). The minimum absolute atomic E-state index is 0.00671. The first-order valence-corrected chi connectivity index (χ1v) is 12.9. The highest BCUT2D eigenvalue weighted by Gasteiger charge is 2.47. The van der Waals surface area contributed by atoms with Gasteiger partial charge in [0.05, 0.1) is 24.8 Å². The van der Waals surface area contributed by atoms with Crippen LogP contribution in [0.5, 0.6) is 11.5 Å². The molecule has 1 saturated heterocycles. The van der Waals surface area contributed by atoms with E-state index >= 15 is 0 Å². The molecule has 0 spiro atoms.